The zero-order valence-corrected chi connectivity index (χ0v) is 32.6. The van der Waals surface area contributed by atoms with Gasteiger partial charge >= 0.3 is 0 Å². The van der Waals surface area contributed by atoms with Crippen LogP contribution >= 0.6 is 0 Å². The van der Waals surface area contributed by atoms with Gasteiger partial charge in [-0.3, -0.25) is 0 Å². The lowest BCUT2D eigenvalue weighted by Gasteiger charge is -2.30. The second kappa shape index (κ2) is 15.3. The summed E-state index contributed by atoms with van der Waals surface area (Å²) < 4.78 is 62.8. The molecule has 0 aliphatic heterocycles. The van der Waals surface area contributed by atoms with E-state index in [2.05, 4.69) is 10.9 Å². The van der Waals surface area contributed by atoms with Crippen molar-refractivity contribution in [1.82, 2.24) is 0 Å². The average Bonchev–Trinajstić information content (AvgIpc) is 3.32. The molecule has 294 valence electrons. The van der Waals surface area contributed by atoms with Crippen LogP contribution in [0.4, 0.5) is 57.4 Å². The Morgan fingerprint density at radius 1 is 0.452 bits per heavy atom. The molecule has 0 saturated carbocycles. The van der Waals surface area contributed by atoms with E-state index >= 15 is 17.6 Å². The fraction of sp³-hybridized carbons (Fsp3) is 0. The van der Waals surface area contributed by atoms with Crippen molar-refractivity contribution in [3.8, 4) is 28.3 Å². The molecule has 62 heavy (non-hydrogen) atoms. The second-order valence-electron chi connectivity index (χ2n) is 14.9. The van der Waals surface area contributed by atoms with E-state index in [4.69, 9.17) is 6.57 Å². The molecule has 0 atom stereocenters. The molecular formula is C54H30F4N4. The first-order valence-electron chi connectivity index (χ1n) is 19.7. The number of halogens is 4. The Kier molecular flexibility index (Phi) is 9.32. The molecule has 0 spiro atoms. The first-order valence-corrected chi connectivity index (χ1v) is 19.7. The predicted molar refractivity (Wildman–Crippen MR) is 241 cm³/mol. The van der Waals surface area contributed by atoms with E-state index in [1.54, 1.807) is 109 Å². The Bertz CT molecular complexity index is 3180. The highest BCUT2D eigenvalue weighted by atomic mass is 19.2. The second-order valence-corrected chi connectivity index (χ2v) is 14.9. The SMILES string of the molecule is [C-]#[N+]c1ccc(N(c2cc(F)c(F)c(-c3ccccc3)c2)c2ccc3ccc4c(N(c5ccc(C#N)cc5)c5cc(F)c(F)c(-c6ccccc6)c5)ccc5ccc2c3c54)cc1. The van der Waals surface area contributed by atoms with Crippen molar-refractivity contribution < 1.29 is 17.6 Å². The molecule has 0 amide bonds. The summed E-state index contributed by atoms with van der Waals surface area (Å²) in [4.78, 5) is 7.30. The smallest absolute Gasteiger partial charge is 0.187 e. The zero-order chi connectivity index (χ0) is 42.5. The molecular weight excluding hydrogens is 781 g/mol. The van der Waals surface area contributed by atoms with Crippen LogP contribution in [0.5, 0.6) is 0 Å². The topological polar surface area (TPSA) is 34.6 Å². The molecule has 8 heteroatoms. The maximum atomic E-state index is 15.8. The summed E-state index contributed by atoms with van der Waals surface area (Å²) in [5.41, 5.74) is 5.41. The summed E-state index contributed by atoms with van der Waals surface area (Å²) in [6.07, 6.45) is 0. The number of hydrogen-bond donors (Lipinski definition) is 0. The van der Waals surface area contributed by atoms with Crippen LogP contribution in [0.25, 0.3) is 59.4 Å². The molecule has 0 saturated heterocycles. The summed E-state index contributed by atoms with van der Waals surface area (Å²) in [7, 11) is 0. The highest BCUT2D eigenvalue weighted by Crippen LogP contribution is 2.49. The van der Waals surface area contributed by atoms with Crippen molar-refractivity contribution in [3.63, 3.8) is 0 Å². The Morgan fingerprint density at radius 2 is 0.871 bits per heavy atom. The maximum Gasteiger partial charge on any atom is 0.187 e. The minimum absolute atomic E-state index is 0.0961. The molecule has 0 aromatic heterocycles. The summed E-state index contributed by atoms with van der Waals surface area (Å²) in [5, 5.41) is 14.9. The molecule has 10 rings (SSSR count). The average molecular weight is 811 g/mol. The third kappa shape index (κ3) is 6.39. The first kappa shape index (κ1) is 37.8. The van der Waals surface area contributed by atoms with Gasteiger partial charge in [-0.2, -0.15) is 5.26 Å². The largest absolute Gasteiger partial charge is 0.310 e. The molecule has 0 aliphatic carbocycles. The van der Waals surface area contributed by atoms with Crippen molar-refractivity contribution in [2.45, 2.75) is 0 Å². The lowest BCUT2D eigenvalue weighted by molar-refractivity contribution is 0.511. The quantitative estimate of drug-likeness (QED) is 0.0871. The summed E-state index contributed by atoms with van der Waals surface area (Å²) in [5.74, 6) is -3.95. The predicted octanol–water partition coefficient (Wildman–Crippen LogP) is 15.8. The molecule has 0 unspecified atom stereocenters. The number of benzene rings is 10. The fourth-order valence-corrected chi connectivity index (χ4v) is 8.44. The first-order chi connectivity index (χ1) is 30.3. The Balaban J connectivity index is 1.23. The fourth-order valence-electron chi connectivity index (χ4n) is 8.44. The van der Waals surface area contributed by atoms with E-state index in [1.165, 1.54) is 12.1 Å². The van der Waals surface area contributed by atoms with Gasteiger partial charge in [-0.1, -0.05) is 109 Å². The van der Waals surface area contributed by atoms with Crippen LogP contribution in [0, 0.1) is 41.2 Å². The van der Waals surface area contributed by atoms with Gasteiger partial charge in [0.05, 0.1) is 29.6 Å². The van der Waals surface area contributed by atoms with E-state index in [-0.39, 0.29) is 11.1 Å². The van der Waals surface area contributed by atoms with E-state index in [0.717, 1.165) is 32.3 Å². The van der Waals surface area contributed by atoms with E-state index < -0.39 is 23.3 Å². The summed E-state index contributed by atoms with van der Waals surface area (Å²) in [6.45, 7) is 7.57. The van der Waals surface area contributed by atoms with E-state index in [0.29, 0.717) is 56.5 Å². The normalized spacial score (nSPS) is 11.2. The third-order valence-corrected chi connectivity index (χ3v) is 11.3. The van der Waals surface area contributed by atoms with Gasteiger partial charge in [0.1, 0.15) is 0 Å². The van der Waals surface area contributed by atoms with Crippen molar-refractivity contribution >= 4 is 72.1 Å². The van der Waals surface area contributed by atoms with Gasteiger partial charge in [-0.15, -0.1) is 0 Å². The van der Waals surface area contributed by atoms with Crippen LogP contribution in [0.3, 0.4) is 0 Å². The van der Waals surface area contributed by atoms with Gasteiger partial charge in [0.2, 0.25) is 0 Å². The van der Waals surface area contributed by atoms with E-state index in [1.807, 2.05) is 70.5 Å². The monoisotopic (exact) mass is 810 g/mol. The molecule has 10 aromatic rings. The van der Waals surface area contributed by atoms with Crippen molar-refractivity contribution in [3.05, 3.63) is 222 Å². The summed E-state index contributed by atoms with van der Waals surface area (Å²) in [6, 6.07) is 55.2. The molecule has 10 aromatic carbocycles. The Labute approximate surface area is 354 Å². The van der Waals surface area contributed by atoms with Crippen LogP contribution in [-0.4, -0.2) is 0 Å². The van der Waals surface area contributed by atoms with Crippen LogP contribution < -0.4 is 9.80 Å². The molecule has 0 fully saturated rings. The zero-order valence-electron chi connectivity index (χ0n) is 32.6. The van der Waals surface area contributed by atoms with Crippen LogP contribution in [0.1, 0.15) is 5.56 Å². The van der Waals surface area contributed by atoms with Gasteiger partial charge < -0.3 is 9.80 Å². The lowest BCUT2D eigenvalue weighted by atomic mass is 9.91. The van der Waals surface area contributed by atoms with Gasteiger partial charge in [-0.05, 0) is 93.3 Å². The minimum Gasteiger partial charge on any atom is -0.310 e. The van der Waals surface area contributed by atoms with Gasteiger partial charge in [0.15, 0.2) is 29.0 Å². The van der Waals surface area contributed by atoms with E-state index in [9.17, 15) is 5.26 Å². The van der Waals surface area contributed by atoms with Crippen molar-refractivity contribution in [1.29, 1.82) is 5.26 Å². The van der Waals surface area contributed by atoms with Gasteiger partial charge in [-0.25, -0.2) is 22.4 Å². The van der Waals surface area contributed by atoms with Gasteiger partial charge in [0.25, 0.3) is 0 Å². The van der Waals surface area contributed by atoms with Crippen molar-refractivity contribution in [2.24, 2.45) is 0 Å². The highest BCUT2D eigenvalue weighted by Gasteiger charge is 2.25. The number of nitriles is 1. The van der Waals surface area contributed by atoms with Crippen LogP contribution in [0.2, 0.25) is 0 Å². The molecule has 0 bridgehead atoms. The van der Waals surface area contributed by atoms with Crippen LogP contribution in [-0.2, 0) is 0 Å². The van der Waals surface area contributed by atoms with Crippen molar-refractivity contribution in [2.75, 3.05) is 9.80 Å². The highest BCUT2D eigenvalue weighted by molar-refractivity contribution is 6.28. The van der Waals surface area contributed by atoms with Gasteiger partial charge in [0, 0.05) is 56.8 Å². The third-order valence-electron chi connectivity index (χ3n) is 11.3. The minimum atomic E-state index is -1.01. The summed E-state index contributed by atoms with van der Waals surface area (Å²) >= 11 is 0. The number of nitrogens with zero attached hydrogens (tertiary/aromatic N) is 4. The Morgan fingerprint density at radius 3 is 1.29 bits per heavy atom. The molecule has 4 nitrogen and oxygen atoms in total. The molecule has 0 aliphatic rings. The Hall–Kier alpha value is -8.46. The number of hydrogen-bond acceptors (Lipinski definition) is 3. The lowest BCUT2D eigenvalue weighted by Crippen LogP contribution is -2.12. The molecule has 0 radical (unpaired) electrons. The number of rotatable bonds is 8. The molecule has 0 heterocycles. The standard InChI is InChI=1S/C54H30F4N4/c1-60-38-18-22-40(23-19-38)62(42-29-46(54(58)48(56)31-42)35-10-6-3-7-11-35)50-27-17-37-14-24-43-49(26-16-36-15-25-44(50)52(37)51(36)43)61(39-20-12-33(32-59)13-21-39)41-28-45(53(57)47(55)30-41)34-8-4-2-5-9-34/h2-31H. The van der Waals surface area contributed by atoms with Crippen LogP contribution in [0.15, 0.2) is 182 Å². The maximum absolute atomic E-state index is 15.8. The molecule has 0 N–H and O–H groups in total. The number of anilines is 6.